The van der Waals surface area contributed by atoms with Crippen LogP contribution >= 0.6 is 0 Å². The van der Waals surface area contributed by atoms with Gasteiger partial charge in [-0.1, -0.05) is 18.2 Å². The van der Waals surface area contributed by atoms with Crippen LogP contribution < -0.4 is 10.4 Å². The molecular formula is C17H17FN4O2. The molecule has 0 saturated heterocycles. The van der Waals surface area contributed by atoms with Gasteiger partial charge in [0.1, 0.15) is 18.2 Å². The van der Waals surface area contributed by atoms with E-state index in [1.54, 1.807) is 26.0 Å². The van der Waals surface area contributed by atoms with E-state index in [0.29, 0.717) is 22.6 Å². The molecule has 1 aromatic heterocycles. The summed E-state index contributed by atoms with van der Waals surface area (Å²) in [6, 6.07) is 9.01. The van der Waals surface area contributed by atoms with Crippen molar-refractivity contribution < 1.29 is 9.13 Å². The van der Waals surface area contributed by atoms with Gasteiger partial charge in [-0.05, 0) is 54.5 Å². The Morgan fingerprint density at radius 1 is 1.21 bits per heavy atom. The van der Waals surface area contributed by atoms with Gasteiger partial charge in [0, 0.05) is 11.1 Å². The topological polar surface area (TPSA) is 72.8 Å². The van der Waals surface area contributed by atoms with Gasteiger partial charge in [0.05, 0.1) is 5.69 Å². The molecule has 0 bridgehead atoms. The monoisotopic (exact) mass is 328 g/mol. The minimum atomic E-state index is -0.434. The van der Waals surface area contributed by atoms with Gasteiger partial charge in [-0.2, -0.15) is 4.68 Å². The Labute approximate surface area is 137 Å². The second-order valence-electron chi connectivity index (χ2n) is 5.59. The van der Waals surface area contributed by atoms with Crippen LogP contribution in [0.25, 0.3) is 5.69 Å². The Hall–Kier alpha value is -2.96. The first-order valence-electron chi connectivity index (χ1n) is 7.46. The highest BCUT2D eigenvalue weighted by molar-refractivity contribution is 5.43. The van der Waals surface area contributed by atoms with Crippen LogP contribution in [0, 0.1) is 26.6 Å². The van der Waals surface area contributed by atoms with Crippen LogP contribution in [-0.2, 0) is 6.61 Å². The number of nitrogens with zero attached hydrogens (tertiary/aromatic N) is 3. The van der Waals surface area contributed by atoms with Crippen molar-refractivity contribution in [3.63, 3.8) is 0 Å². The van der Waals surface area contributed by atoms with Gasteiger partial charge in [0.15, 0.2) is 0 Å². The molecular weight excluding hydrogens is 311 g/mol. The van der Waals surface area contributed by atoms with Gasteiger partial charge in [0.2, 0.25) is 0 Å². The van der Waals surface area contributed by atoms with Gasteiger partial charge in [-0.3, -0.25) is 0 Å². The molecule has 0 spiro atoms. The number of para-hydroxylation sites is 1. The Bertz CT molecular complexity index is 946. The largest absolute Gasteiger partial charge is 0.488 e. The predicted molar refractivity (Wildman–Crippen MR) is 86.9 cm³/mol. The number of aromatic nitrogens is 4. The van der Waals surface area contributed by atoms with Gasteiger partial charge in [0.25, 0.3) is 0 Å². The fourth-order valence-corrected chi connectivity index (χ4v) is 2.48. The summed E-state index contributed by atoms with van der Waals surface area (Å²) in [4.78, 5) is 11.7. The van der Waals surface area contributed by atoms with E-state index in [9.17, 15) is 9.18 Å². The molecule has 0 aliphatic carbocycles. The normalized spacial score (nSPS) is 10.8. The Morgan fingerprint density at radius 2 is 1.96 bits per heavy atom. The van der Waals surface area contributed by atoms with Crippen molar-refractivity contribution in [3.8, 4) is 11.4 Å². The molecule has 0 aliphatic heterocycles. The lowest BCUT2D eigenvalue weighted by Gasteiger charge is -2.14. The van der Waals surface area contributed by atoms with Crippen molar-refractivity contribution >= 4 is 0 Å². The molecule has 1 heterocycles. The number of rotatable bonds is 4. The maximum Gasteiger partial charge on any atom is 0.365 e. The average Bonchev–Trinajstić information content (AvgIpc) is 3.01. The first-order chi connectivity index (χ1) is 11.5. The van der Waals surface area contributed by atoms with Crippen LogP contribution in [0.2, 0.25) is 0 Å². The molecule has 0 saturated carbocycles. The maximum absolute atomic E-state index is 14.2. The third-order valence-corrected chi connectivity index (χ3v) is 4.04. The number of ether oxygens (including phenoxy) is 1. The van der Waals surface area contributed by atoms with Crippen molar-refractivity contribution in [3.05, 3.63) is 68.9 Å². The third-order valence-electron chi connectivity index (χ3n) is 4.04. The number of hydrogen-bond donors (Lipinski definition) is 1. The average molecular weight is 328 g/mol. The van der Waals surface area contributed by atoms with E-state index in [4.69, 9.17) is 4.74 Å². The standard InChI is InChI=1S/C17H17FN4O2/c1-10-8-15(12(3)16(18)11(10)2)24-9-13-6-4-5-7-14(13)22-17(23)19-20-21-22/h4-8H,9H2,1-3H3,(H,19,21,23). The zero-order valence-corrected chi connectivity index (χ0v) is 13.6. The summed E-state index contributed by atoms with van der Waals surface area (Å²) in [6.45, 7) is 5.45. The summed E-state index contributed by atoms with van der Waals surface area (Å²) < 4.78 is 21.1. The van der Waals surface area contributed by atoms with Crippen molar-refractivity contribution in [1.82, 2.24) is 20.2 Å². The molecule has 124 valence electrons. The smallest absolute Gasteiger partial charge is 0.365 e. The van der Waals surface area contributed by atoms with E-state index < -0.39 is 5.69 Å². The molecule has 1 N–H and O–H groups in total. The lowest BCUT2D eigenvalue weighted by atomic mass is 10.0. The first-order valence-corrected chi connectivity index (χ1v) is 7.46. The predicted octanol–water partition coefficient (Wildman–Crippen LogP) is 2.60. The number of aromatic amines is 1. The van der Waals surface area contributed by atoms with Crippen molar-refractivity contribution in [1.29, 1.82) is 0 Å². The van der Waals surface area contributed by atoms with E-state index in [2.05, 4.69) is 15.5 Å². The second kappa shape index (κ2) is 6.27. The Morgan fingerprint density at radius 3 is 2.67 bits per heavy atom. The number of tetrazole rings is 1. The molecule has 2 aromatic carbocycles. The number of H-pyrrole nitrogens is 1. The lowest BCUT2D eigenvalue weighted by molar-refractivity contribution is 0.301. The number of halogens is 1. The van der Waals surface area contributed by atoms with Crippen LogP contribution in [0.5, 0.6) is 5.75 Å². The molecule has 3 aromatic rings. The summed E-state index contributed by atoms with van der Waals surface area (Å²) in [5.74, 6) is 0.226. The molecule has 3 rings (SSSR count). The third kappa shape index (κ3) is 2.80. The molecule has 0 aliphatic rings. The number of nitrogens with one attached hydrogen (secondary N) is 1. The van der Waals surface area contributed by atoms with E-state index in [0.717, 1.165) is 15.8 Å². The SMILES string of the molecule is Cc1cc(OCc2ccccc2-n2nn[nH]c2=O)c(C)c(F)c1C. The molecule has 0 atom stereocenters. The van der Waals surface area contributed by atoms with E-state index in [1.165, 1.54) is 0 Å². The van der Waals surface area contributed by atoms with Crippen molar-refractivity contribution in [2.24, 2.45) is 0 Å². The highest BCUT2D eigenvalue weighted by atomic mass is 19.1. The molecule has 24 heavy (non-hydrogen) atoms. The van der Waals surface area contributed by atoms with Gasteiger partial charge >= 0.3 is 5.69 Å². The van der Waals surface area contributed by atoms with Crippen LogP contribution in [0.1, 0.15) is 22.3 Å². The lowest BCUT2D eigenvalue weighted by Crippen LogP contribution is -2.18. The van der Waals surface area contributed by atoms with Gasteiger partial charge < -0.3 is 4.74 Å². The molecule has 7 heteroatoms. The molecule has 0 fully saturated rings. The minimum absolute atomic E-state index is 0.179. The van der Waals surface area contributed by atoms with E-state index in [-0.39, 0.29) is 12.4 Å². The van der Waals surface area contributed by atoms with Crippen molar-refractivity contribution in [2.75, 3.05) is 0 Å². The van der Waals surface area contributed by atoms with E-state index in [1.807, 2.05) is 25.1 Å². The second-order valence-corrected chi connectivity index (χ2v) is 5.59. The van der Waals surface area contributed by atoms with Crippen molar-refractivity contribution in [2.45, 2.75) is 27.4 Å². The summed E-state index contributed by atoms with van der Waals surface area (Å²) in [5.41, 5.74) is 2.79. The van der Waals surface area contributed by atoms with Gasteiger partial charge in [-0.25, -0.2) is 14.3 Å². The van der Waals surface area contributed by atoms with Crippen LogP contribution in [0.4, 0.5) is 4.39 Å². The number of hydrogen-bond acceptors (Lipinski definition) is 4. The fraction of sp³-hybridized carbons (Fsp3) is 0.235. The molecule has 0 unspecified atom stereocenters. The zero-order chi connectivity index (χ0) is 17.3. The summed E-state index contributed by atoms with van der Waals surface area (Å²) in [7, 11) is 0. The Balaban J connectivity index is 1.92. The maximum atomic E-state index is 14.2. The van der Waals surface area contributed by atoms with Crippen LogP contribution in [0.15, 0.2) is 35.1 Å². The molecule has 0 amide bonds. The molecule has 0 radical (unpaired) electrons. The number of benzene rings is 2. The molecule has 6 nitrogen and oxygen atoms in total. The fourth-order valence-electron chi connectivity index (χ4n) is 2.48. The number of aryl methyl sites for hydroxylation is 1. The highest BCUT2D eigenvalue weighted by Gasteiger charge is 2.13. The highest BCUT2D eigenvalue weighted by Crippen LogP contribution is 2.27. The summed E-state index contributed by atoms with van der Waals surface area (Å²) in [6.07, 6.45) is 0. The minimum Gasteiger partial charge on any atom is -0.488 e. The Kier molecular flexibility index (Phi) is 4.16. The quantitative estimate of drug-likeness (QED) is 0.799. The first kappa shape index (κ1) is 15.9. The summed E-state index contributed by atoms with van der Waals surface area (Å²) >= 11 is 0. The van der Waals surface area contributed by atoms with E-state index >= 15 is 0 Å². The summed E-state index contributed by atoms with van der Waals surface area (Å²) in [5, 5.41) is 9.49. The van der Waals surface area contributed by atoms with Gasteiger partial charge in [-0.15, -0.1) is 0 Å². The van der Waals surface area contributed by atoms with Crippen LogP contribution in [0.3, 0.4) is 0 Å². The zero-order valence-electron chi connectivity index (χ0n) is 13.6. The van der Waals surface area contributed by atoms with Crippen LogP contribution in [-0.4, -0.2) is 20.2 Å².